The second-order valence-electron chi connectivity index (χ2n) is 8.15. The van der Waals surface area contributed by atoms with Crippen LogP contribution in [0.4, 0.5) is 0 Å². The molecule has 4 nitrogen and oxygen atoms in total. The van der Waals surface area contributed by atoms with Crippen molar-refractivity contribution in [1.29, 1.82) is 0 Å². The molecule has 0 N–H and O–H groups in total. The van der Waals surface area contributed by atoms with Crippen LogP contribution in [0.5, 0.6) is 0 Å². The van der Waals surface area contributed by atoms with Crippen molar-refractivity contribution in [2.24, 2.45) is 0 Å². The highest BCUT2D eigenvalue weighted by Crippen LogP contribution is 2.30. The van der Waals surface area contributed by atoms with E-state index in [1.54, 1.807) is 0 Å². The number of rotatable bonds is 5. The fourth-order valence-corrected chi connectivity index (χ4v) is 5.33. The number of hydrogen-bond acceptors (Lipinski definition) is 4. The maximum atomic E-state index is 12.8. The average Bonchev–Trinajstić information content (AvgIpc) is 3.29. The summed E-state index contributed by atoms with van der Waals surface area (Å²) in [5.74, 6) is -0.571. The first-order valence-corrected chi connectivity index (χ1v) is 11.3. The molecule has 0 amide bonds. The van der Waals surface area contributed by atoms with Gasteiger partial charge < -0.3 is 9.30 Å². The molecule has 0 unspecified atom stereocenters. The van der Waals surface area contributed by atoms with Crippen molar-refractivity contribution >= 4 is 23.1 Å². The molecule has 0 atom stereocenters. The topological polar surface area (TPSA) is 48.3 Å². The number of carbonyl (C=O) groups is 2. The Balaban J connectivity index is 1.49. The van der Waals surface area contributed by atoms with Crippen molar-refractivity contribution in [3.8, 4) is 5.69 Å². The van der Waals surface area contributed by atoms with Crippen LogP contribution in [0.1, 0.15) is 65.8 Å². The third-order valence-electron chi connectivity index (χ3n) is 6.01. The Kier molecular flexibility index (Phi) is 5.65. The molecule has 0 aliphatic heterocycles. The van der Waals surface area contributed by atoms with Gasteiger partial charge in [0.1, 0.15) is 4.88 Å². The van der Waals surface area contributed by atoms with Crippen LogP contribution in [0.2, 0.25) is 0 Å². The molecular weight excluding hydrogens is 394 g/mol. The van der Waals surface area contributed by atoms with Crippen LogP contribution in [0.15, 0.2) is 30.3 Å². The third-order valence-corrected chi connectivity index (χ3v) is 7.23. The highest BCUT2D eigenvalue weighted by molar-refractivity contribution is 7.14. The van der Waals surface area contributed by atoms with E-state index in [-0.39, 0.29) is 12.4 Å². The Hall–Kier alpha value is -2.66. The number of hydrogen-bond donors (Lipinski definition) is 0. The molecule has 5 heteroatoms. The highest BCUT2D eigenvalue weighted by Gasteiger charge is 2.21. The molecule has 0 spiro atoms. The predicted octanol–water partition coefficient (Wildman–Crippen LogP) is 5.69. The van der Waals surface area contributed by atoms with Crippen LogP contribution in [-0.4, -0.2) is 22.9 Å². The number of esters is 1. The number of Topliss-reactive ketones (excluding diaryl/α,β-unsaturated/α-hetero) is 1. The zero-order chi connectivity index (χ0) is 21.4. The number of fused-ring (bicyclic) bond motifs is 1. The molecule has 0 bridgehead atoms. The zero-order valence-corrected chi connectivity index (χ0v) is 18.8. The monoisotopic (exact) mass is 421 g/mol. The molecule has 0 saturated heterocycles. The van der Waals surface area contributed by atoms with Gasteiger partial charge in [-0.1, -0.05) is 6.07 Å². The van der Waals surface area contributed by atoms with Gasteiger partial charge in [-0.25, -0.2) is 4.79 Å². The van der Waals surface area contributed by atoms with Gasteiger partial charge in [0.2, 0.25) is 5.78 Å². The fourth-order valence-electron chi connectivity index (χ4n) is 4.18. The van der Waals surface area contributed by atoms with Crippen molar-refractivity contribution in [3.63, 3.8) is 0 Å². The number of aryl methyl sites for hydroxylation is 5. The molecule has 2 aromatic heterocycles. The van der Waals surface area contributed by atoms with Crippen molar-refractivity contribution in [2.75, 3.05) is 6.61 Å². The van der Waals surface area contributed by atoms with E-state index >= 15 is 0 Å². The Labute approximate surface area is 181 Å². The number of thiophene rings is 1. The molecule has 2 heterocycles. The van der Waals surface area contributed by atoms with E-state index in [2.05, 4.69) is 36.6 Å². The van der Waals surface area contributed by atoms with Crippen LogP contribution in [0.3, 0.4) is 0 Å². The van der Waals surface area contributed by atoms with E-state index in [4.69, 9.17) is 4.74 Å². The predicted molar refractivity (Wildman–Crippen MR) is 120 cm³/mol. The van der Waals surface area contributed by atoms with Gasteiger partial charge >= 0.3 is 5.97 Å². The van der Waals surface area contributed by atoms with E-state index in [0.717, 1.165) is 29.9 Å². The lowest BCUT2D eigenvalue weighted by atomic mass is 9.99. The lowest BCUT2D eigenvalue weighted by molar-refractivity contribution is 0.0479. The summed E-state index contributed by atoms with van der Waals surface area (Å²) >= 11 is 1.51. The summed E-state index contributed by atoms with van der Waals surface area (Å²) in [6.45, 7) is 7.85. The van der Waals surface area contributed by atoms with Crippen molar-refractivity contribution in [3.05, 3.63) is 73.7 Å². The molecular formula is C25H27NO3S. The van der Waals surface area contributed by atoms with Gasteiger partial charge in [0.15, 0.2) is 6.61 Å². The molecule has 1 aliphatic carbocycles. The molecule has 0 radical (unpaired) electrons. The maximum Gasteiger partial charge on any atom is 0.348 e. The molecule has 3 aromatic rings. The van der Waals surface area contributed by atoms with Gasteiger partial charge in [0.25, 0.3) is 0 Å². The summed E-state index contributed by atoms with van der Waals surface area (Å²) in [5.41, 5.74) is 7.19. The highest BCUT2D eigenvalue weighted by atomic mass is 32.1. The first-order valence-electron chi connectivity index (χ1n) is 10.4. The van der Waals surface area contributed by atoms with E-state index in [1.807, 2.05) is 26.0 Å². The number of ketones is 1. The Morgan fingerprint density at radius 1 is 1.00 bits per heavy atom. The maximum absolute atomic E-state index is 12.8. The van der Waals surface area contributed by atoms with Gasteiger partial charge in [-0.2, -0.15) is 0 Å². The van der Waals surface area contributed by atoms with Crippen molar-refractivity contribution < 1.29 is 14.3 Å². The van der Waals surface area contributed by atoms with Gasteiger partial charge in [-0.05, 0) is 94.3 Å². The molecule has 30 heavy (non-hydrogen) atoms. The van der Waals surface area contributed by atoms with Gasteiger partial charge in [0.05, 0.1) is 0 Å². The summed E-state index contributed by atoms with van der Waals surface area (Å²) in [7, 11) is 0. The lowest BCUT2D eigenvalue weighted by Crippen LogP contribution is -2.14. The van der Waals surface area contributed by atoms with E-state index in [9.17, 15) is 9.59 Å². The largest absolute Gasteiger partial charge is 0.453 e. The first kappa shape index (κ1) is 20.6. The van der Waals surface area contributed by atoms with Crippen LogP contribution in [0.25, 0.3) is 5.69 Å². The fraction of sp³-hybridized carbons (Fsp3) is 0.360. The van der Waals surface area contributed by atoms with Gasteiger partial charge in [-0.3, -0.25) is 4.79 Å². The molecule has 156 valence electrons. The minimum atomic E-state index is -0.397. The Bertz CT molecular complexity index is 1110. The summed E-state index contributed by atoms with van der Waals surface area (Å²) in [5, 5.41) is 0. The van der Waals surface area contributed by atoms with E-state index < -0.39 is 5.97 Å². The van der Waals surface area contributed by atoms with E-state index in [0.29, 0.717) is 10.4 Å². The number of aromatic nitrogens is 1. The quantitative estimate of drug-likeness (QED) is 0.393. The molecule has 4 rings (SSSR count). The van der Waals surface area contributed by atoms with Gasteiger partial charge in [-0.15, -0.1) is 11.3 Å². The van der Waals surface area contributed by atoms with Crippen LogP contribution in [-0.2, 0) is 17.6 Å². The first-order chi connectivity index (χ1) is 14.3. The van der Waals surface area contributed by atoms with Crippen LogP contribution < -0.4 is 0 Å². The van der Waals surface area contributed by atoms with Gasteiger partial charge in [0, 0.05) is 27.5 Å². The average molecular weight is 422 g/mol. The zero-order valence-electron chi connectivity index (χ0n) is 18.0. The molecule has 1 aromatic carbocycles. The minimum Gasteiger partial charge on any atom is -0.453 e. The number of ether oxygens (including phenoxy) is 1. The third kappa shape index (κ3) is 3.86. The summed E-state index contributed by atoms with van der Waals surface area (Å²) in [6, 6.07) is 10.1. The normalized spacial score (nSPS) is 13.2. The van der Waals surface area contributed by atoms with Crippen molar-refractivity contribution in [2.45, 2.75) is 53.4 Å². The SMILES string of the molecule is Cc1ccc(-n2c(C)cc(C(=O)COC(=O)c3cc4c(s3)CCCC4)c2C)cc1C. The second kappa shape index (κ2) is 8.23. The Morgan fingerprint density at radius 2 is 1.77 bits per heavy atom. The van der Waals surface area contributed by atoms with Crippen LogP contribution in [0, 0.1) is 27.7 Å². The number of benzene rings is 1. The minimum absolute atomic E-state index is 0.173. The van der Waals surface area contributed by atoms with Crippen molar-refractivity contribution in [1.82, 2.24) is 4.57 Å². The second-order valence-corrected chi connectivity index (χ2v) is 9.29. The summed E-state index contributed by atoms with van der Waals surface area (Å²) in [6.07, 6.45) is 4.42. The summed E-state index contributed by atoms with van der Waals surface area (Å²) in [4.78, 5) is 27.2. The lowest BCUT2D eigenvalue weighted by Gasteiger charge is -2.12. The number of carbonyl (C=O) groups excluding carboxylic acids is 2. The summed E-state index contributed by atoms with van der Waals surface area (Å²) < 4.78 is 7.46. The standard InChI is InChI=1S/C25H27NO3S/c1-15-9-10-20(11-16(15)2)26-17(3)12-21(18(26)4)22(27)14-29-25(28)24-13-19-7-5-6-8-23(19)30-24/h9-13H,5-8,14H2,1-4H3. The van der Waals surface area contributed by atoms with E-state index in [1.165, 1.54) is 45.7 Å². The molecule has 0 saturated carbocycles. The smallest absolute Gasteiger partial charge is 0.348 e. The number of nitrogens with zero attached hydrogens (tertiary/aromatic N) is 1. The molecule has 0 fully saturated rings. The Morgan fingerprint density at radius 3 is 2.50 bits per heavy atom. The van der Waals surface area contributed by atoms with Crippen LogP contribution >= 0.6 is 11.3 Å². The molecule has 1 aliphatic rings.